The summed E-state index contributed by atoms with van der Waals surface area (Å²) < 4.78 is 6.04. The fourth-order valence-electron chi connectivity index (χ4n) is 5.12. The Hall–Kier alpha value is -5.11. The summed E-state index contributed by atoms with van der Waals surface area (Å²) in [6.45, 7) is 0. The zero-order chi connectivity index (χ0) is 27.2. The molecular weight excluding hydrogens is 504 g/mol. The van der Waals surface area contributed by atoms with E-state index in [1.54, 1.807) is 0 Å². The molecule has 6 rings (SSSR count). The fraction of sp³-hybridized carbons (Fsp3) is 0.0278. The molecule has 5 aromatic carbocycles. The van der Waals surface area contributed by atoms with Crippen molar-refractivity contribution in [2.75, 3.05) is 11.9 Å². The van der Waals surface area contributed by atoms with Crippen molar-refractivity contribution in [2.45, 2.75) is 0 Å². The second kappa shape index (κ2) is 11.3. The van der Waals surface area contributed by atoms with Gasteiger partial charge in [0, 0.05) is 18.3 Å². The lowest BCUT2D eigenvalue weighted by atomic mass is 10.1. The van der Waals surface area contributed by atoms with E-state index in [4.69, 9.17) is 4.52 Å². The van der Waals surface area contributed by atoms with E-state index in [1.165, 1.54) is 15.6 Å². The molecule has 0 saturated carbocycles. The third-order valence-electron chi connectivity index (χ3n) is 7.16. The first-order chi connectivity index (χ1) is 19.8. The molecule has 192 valence electrons. The number of nitrogens with zero attached hydrogens (tertiary/aromatic N) is 2. The van der Waals surface area contributed by atoms with Gasteiger partial charge in [-0.05, 0) is 27.7 Å². The molecule has 0 N–H and O–H groups in total. The lowest BCUT2D eigenvalue weighted by Gasteiger charge is -2.28. The molecule has 4 heteroatoms. The van der Waals surface area contributed by atoms with Crippen LogP contribution in [0.15, 0.2) is 156 Å². The van der Waals surface area contributed by atoms with Gasteiger partial charge in [-0.3, -0.25) is 0 Å². The molecule has 0 spiro atoms. The van der Waals surface area contributed by atoms with Crippen LogP contribution in [-0.2, 0) is 0 Å². The molecule has 40 heavy (non-hydrogen) atoms. The molecule has 0 fully saturated rings. The third kappa shape index (κ3) is 4.75. The van der Waals surface area contributed by atoms with Gasteiger partial charge in [0.25, 0.3) is 0 Å². The second-order valence-corrected chi connectivity index (χ2v) is 13.1. The van der Waals surface area contributed by atoms with Crippen molar-refractivity contribution >= 4 is 35.2 Å². The number of benzene rings is 5. The minimum Gasteiger partial charge on any atom is -0.336 e. The molecule has 0 radical (unpaired) electrons. The van der Waals surface area contributed by atoms with Gasteiger partial charge in [-0.2, -0.15) is 0 Å². The minimum atomic E-state index is -2.79. The Morgan fingerprint density at radius 1 is 0.575 bits per heavy atom. The Balaban J connectivity index is 1.63. The highest BCUT2D eigenvalue weighted by Gasteiger charge is 2.38. The number of hydrogen-bond acceptors (Lipinski definition) is 3. The van der Waals surface area contributed by atoms with Crippen LogP contribution in [0.25, 0.3) is 11.3 Å². The van der Waals surface area contributed by atoms with E-state index in [0.717, 1.165) is 22.5 Å². The van der Waals surface area contributed by atoms with Crippen LogP contribution in [0.1, 0.15) is 5.56 Å². The summed E-state index contributed by atoms with van der Waals surface area (Å²) in [6.07, 6.45) is 0. The van der Waals surface area contributed by atoms with E-state index in [1.807, 2.05) is 60.5 Å². The van der Waals surface area contributed by atoms with Crippen LogP contribution in [0.5, 0.6) is 0 Å². The molecule has 0 saturated heterocycles. The third-order valence-corrected chi connectivity index (χ3v) is 11.3. The van der Waals surface area contributed by atoms with Gasteiger partial charge in [0.1, 0.15) is 11.3 Å². The summed E-state index contributed by atoms with van der Waals surface area (Å²) in [7, 11) is -0.798. The van der Waals surface area contributed by atoms with Crippen LogP contribution >= 0.6 is 0 Å². The maximum Gasteiger partial charge on any atom is 0.247 e. The van der Waals surface area contributed by atoms with E-state index in [9.17, 15) is 0 Å². The van der Waals surface area contributed by atoms with Gasteiger partial charge in [0.05, 0.1) is 0 Å². The molecule has 3 nitrogen and oxygen atoms in total. The van der Waals surface area contributed by atoms with Crippen LogP contribution in [-0.4, -0.2) is 20.3 Å². The zero-order valence-electron chi connectivity index (χ0n) is 22.2. The molecular formula is C36H28N2OSi. The maximum absolute atomic E-state index is 6.04. The molecule has 0 aliphatic heterocycles. The predicted octanol–water partition coefficient (Wildman–Crippen LogP) is 6.17. The Morgan fingerprint density at radius 2 is 1.00 bits per heavy atom. The highest BCUT2D eigenvalue weighted by molar-refractivity contribution is 7.16. The molecule has 1 heterocycles. The summed E-state index contributed by atoms with van der Waals surface area (Å²) in [4.78, 5) is 2.01. The van der Waals surface area contributed by atoms with Crippen LogP contribution in [0.4, 0.5) is 11.6 Å². The number of anilines is 2. The predicted molar refractivity (Wildman–Crippen MR) is 167 cm³/mol. The summed E-state index contributed by atoms with van der Waals surface area (Å²) in [5.41, 5.74) is 7.38. The maximum atomic E-state index is 6.04. The number of hydrogen-bond donors (Lipinski definition) is 0. The number of aromatic nitrogens is 1. The Morgan fingerprint density at radius 3 is 1.48 bits per heavy atom. The van der Waals surface area contributed by atoms with Crippen molar-refractivity contribution in [2.24, 2.45) is 0 Å². The van der Waals surface area contributed by atoms with E-state index in [-0.39, 0.29) is 0 Å². The van der Waals surface area contributed by atoms with Crippen LogP contribution in [0, 0.1) is 11.5 Å². The van der Waals surface area contributed by atoms with Gasteiger partial charge in [-0.25, -0.2) is 0 Å². The van der Waals surface area contributed by atoms with Crippen molar-refractivity contribution in [3.8, 4) is 22.7 Å². The minimum absolute atomic E-state index is 0.620. The summed E-state index contributed by atoms with van der Waals surface area (Å²) >= 11 is 0. The molecule has 0 unspecified atom stereocenters. The lowest BCUT2D eigenvalue weighted by Crippen LogP contribution is -2.66. The van der Waals surface area contributed by atoms with Crippen LogP contribution in [0.2, 0.25) is 0 Å². The Labute approximate surface area is 236 Å². The zero-order valence-corrected chi connectivity index (χ0v) is 23.2. The van der Waals surface area contributed by atoms with E-state index in [0.29, 0.717) is 5.88 Å². The number of rotatable bonds is 6. The number of para-hydroxylation sites is 1. The standard InChI is InChI=1S/C36H28N2OSi/c1-38(30-19-9-3-10-20-30)36-34(35(37-39-36)29-17-7-2-8-18-29)27-28-40(31-21-11-4-12-22-31,32-23-13-5-14-24-32)33-25-15-6-16-26-33/h2-26H,1H3. The summed E-state index contributed by atoms with van der Waals surface area (Å²) in [5, 5.41) is 8.24. The second-order valence-electron chi connectivity index (χ2n) is 9.57. The smallest absolute Gasteiger partial charge is 0.247 e. The van der Waals surface area contributed by atoms with Crippen LogP contribution < -0.4 is 20.5 Å². The molecule has 1 aromatic heterocycles. The average molecular weight is 533 g/mol. The summed E-state index contributed by atoms with van der Waals surface area (Å²) in [5.74, 6) is 4.28. The van der Waals surface area contributed by atoms with Gasteiger partial charge in [-0.15, -0.1) is 5.54 Å². The first-order valence-electron chi connectivity index (χ1n) is 13.3. The van der Waals surface area contributed by atoms with Crippen molar-refractivity contribution in [1.29, 1.82) is 0 Å². The largest absolute Gasteiger partial charge is 0.336 e. The van der Waals surface area contributed by atoms with Crippen LogP contribution in [0.3, 0.4) is 0 Å². The monoisotopic (exact) mass is 532 g/mol. The highest BCUT2D eigenvalue weighted by Crippen LogP contribution is 2.33. The van der Waals surface area contributed by atoms with Gasteiger partial charge < -0.3 is 9.42 Å². The van der Waals surface area contributed by atoms with E-state index < -0.39 is 8.07 Å². The molecule has 0 amide bonds. The summed E-state index contributed by atoms with van der Waals surface area (Å²) in [6, 6.07) is 52.4. The Kier molecular flexibility index (Phi) is 7.13. The molecule has 0 bridgehead atoms. The molecule has 6 aromatic rings. The van der Waals surface area contributed by atoms with Gasteiger partial charge in [0.2, 0.25) is 14.0 Å². The quantitative estimate of drug-likeness (QED) is 0.146. The fourth-order valence-corrected chi connectivity index (χ4v) is 8.95. The first kappa shape index (κ1) is 25.2. The molecule has 0 atom stereocenters. The van der Waals surface area contributed by atoms with Crippen molar-refractivity contribution in [3.05, 3.63) is 157 Å². The van der Waals surface area contributed by atoms with E-state index in [2.05, 4.69) is 120 Å². The van der Waals surface area contributed by atoms with Gasteiger partial charge in [-0.1, -0.05) is 151 Å². The Bertz CT molecular complexity index is 1640. The van der Waals surface area contributed by atoms with Crippen molar-refractivity contribution < 1.29 is 4.52 Å². The van der Waals surface area contributed by atoms with Crippen molar-refractivity contribution in [1.82, 2.24) is 5.16 Å². The van der Waals surface area contributed by atoms with Crippen molar-refractivity contribution in [3.63, 3.8) is 0 Å². The van der Waals surface area contributed by atoms with Gasteiger partial charge >= 0.3 is 0 Å². The normalized spacial score (nSPS) is 10.9. The molecule has 0 aliphatic carbocycles. The van der Waals surface area contributed by atoms with E-state index >= 15 is 0 Å². The molecule has 0 aliphatic rings. The topological polar surface area (TPSA) is 29.3 Å². The highest BCUT2D eigenvalue weighted by atomic mass is 28.3. The lowest BCUT2D eigenvalue weighted by molar-refractivity contribution is 0.428. The first-order valence-corrected chi connectivity index (χ1v) is 15.3. The van der Waals surface area contributed by atoms with Gasteiger partial charge in [0.15, 0.2) is 0 Å². The average Bonchev–Trinajstić information content (AvgIpc) is 3.47. The SMILES string of the molecule is CN(c1ccccc1)c1onc(-c2ccccc2)c1C#C[Si](c1ccccc1)(c1ccccc1)c1ccccc1.